The van der Waals surface area contributed by atoms with Gasteiger partial charge in [-0.3, -0.25) is 9.59 Å². The molecule has 154 valence electrons. The number of carbonyl (C=O) groups is 2. The highest BCUT2D eigenvalue weighted by molar-refractivity contribution is 5.86. The Morgan fingerprint density at radius 1 is 1.20 bits per heavy atom. The summed E-state index contributed by atoms with van der Waals surface area (Å²) in [5.41, 5.74) is 2.22. The molecule has 4 rings (SSSR count). The highest BCUT2D eigenvalue weighted by atomic mass is 16.5. The first-order valence-corrected chi connectivity index (χ1v) is 9.47. The standard InChI is InChI=1S/C22H21N3O5/c1-28-17-9-7-14(8-10-17)18-11-16(25-30-18)12-23-22(27)21-20(24-19(26)13-29-21)15-5-3-2-4-6-15/h2-11,20-21H,12-13H2,1H3,(H,23,27)(H,24,26)/t20-,21+/m1/s1. The molecule has 3 aromatic rings. The van der Waals surface area contributed by atoms with Gasteiger partial charge in [0.05, 0.1) is 19.7 Å². The number of ether oxygens (including phenoxy) is 2. The Bertz CT molecular complexity index is 1020. The summed E-state index contributed by atoms with van der Waals surface area (Å²) >= 11 is 0. The lowest BCUT2D eigenvalue weighted by molar-refractivity contribution is -0.148. The number of amides is 2. The molecule has 1 aliphatic heterocycles. The van der Waals surface area contributed by atoms with E-state index in [1.807, 2.05) is 54.6 Å². The number of nitrogens with zero attached hydrogens (tertiary/aromatic N) is 1. The second-order valence-electron chi connectivity index (χ2n) is 6.82. The van der Waals surface area contributed by atoms with Crippen molar-refractivity contribution in [3.05, 3.63) is 71.9 Å². The van der Waals surface area contributed by atoms with Gasteiger partial charge in [0.1, 0.15) is 18.1 Å². The Labute approximate surface area is 173 Å². The SMILES string of the molecule is COc1ccc(-c2cc(CNC(=O)[C@H]3OCC(=O)N[C@@H]3c3ccccc3)no2)cc1. The maximum atomic E-state index is 12.7. The Kier molecular flexibility index (Phi) is 5.76. The lowest BCUT2D eigenvalue weighted by Crippen LogP contribution is -2.52. The molecule has 2 N–H and O–H groups in total. The van der Waals surface area contributed by atoms with Crippen molar-refractivity contribution in [3.63, 3.8) is 0 Å². The maximum Gasteiger partial charge on any atom is 0.251 e. The number of rotatable bonds is 6. The van der Waals surface area contributed by atoms with Crippen LogP contribution in [0.1, 0.15) is 17.3 Å². The number of carbonyl (C=O) groups excluding carboxylic acids is 2. The van der Waals surface area contributed by atoms with E-state index >= 15 is 0 Å². The summed E-state index contributed by atoms with van der Waals surface area (Å²) in [5, 5.41) is 9.65. The third kappa shape index (κ3) is 4.33. The predicted molar refractivity (Wildman–Crippen MR) is 107 cm³/mol. The van der Waals surface area contributed by atoms with Crippen LogP contribution in [-0.4, -0.2) is 36.8 Å². The van der Waals surface area contributed by atoms with Crippen LogP contribution in [0.2, 0.25) is 0 Å². The predicted octanol–water partition coefficient (Wildman–Crippen LogP) is 2.22. The van der Waals surface area contributed by atoms with Crippen LogP contribution in [0, 0.1) is 0 Å². The van der Waals surface area contributed by atoms with Crippen molar-refractivity contribution >= 4 is 11.8 Å². The van der Waals surface area contributed by atoms with Gasteiger partial charge in [0.25, 0.3) is 5.91 Å². The van der Waals surface area contributed by atoms with Crippen molar-refractivity contribution < 1.29 is 23.6 Å². The number of morpholine rings is 1. The van der Waals surface area contributed by atoms with Gasteiger partial charge in [0, 0.05) is 11.6 Å². The molecule has 0 unspecified atom stereocenters. The van der Waals surface area contributed by atoms with Crippen LogP contribution in [-0.2, 0) is 20.9 Å². The number of aromatic nitrogens is 1. The van der Waals surface area contributed by atoms with Crippen molar-refractivity contribution in [2.24, 2.45) is 0 Å². The van der Waals surface area contributed by atoms with Gasteiger partial charge in [0.2, 0.25) is 5.91 Å². The molecular weight excluding hydrogens is 386 g/mol. The number of hydrogen-bond donors (Lipinski definition) is 2. The molecule has 1 aliphatic rings. The molecule has 2 heterocycles. The van der Waals surface area contributed by atoms with Gasteiger partial charge in [-0.2, -0.15) is 0 Å². The number of benzene rings is 2. The first-order chi connectivity index (χ1) is 14.6. The van der Waals surface area contributed by atoms with Crippen molar-refractivity contribution in [2.75, 3.05) is 13.7 Å². The van der Waals surface area contributed by atoms with Gasteiger partial charge in [-0.05, 0) is 29.8 Å². The first kappa shape index (κ1) is 19.7. The molecule has 1 saturated heterocycles. The molecule has 1 aromatic heterocycles. The minimum atomic E-state index is -0.835. The zero-order valence-corrected chi connectivity index (χ0v) is 16.3. The Morgan fingerprint density at radius 2 is 1.97 bits per heavy atom. The summed E-state index contributed by atoms with van der Waals surface area (Å²) in [7, 11) is 1.61. The summed E-state index contributed by atoms with van der Waals surface area (Å²) in [6.07, 6.45) is -0.835. The molecule has 0 bridgehead atoms. The Hall–Kier alpha value is -3.65. The fraction of sp³-hybridized carbons (Fsp3) is 0.227. The average Bonchev–Trinajstić information content (AvgIpc) is 3.27. The summed E-state index contributed by atoms with van der Waals surface area (Å²) in [6, 6.07) is 17.9. The van der Waals surface area contributed by atoms with Crippen molar-refractivity contribution in [1.82, 2.24) is 15.8 Å². The van der Waals surface area contributed by atoms with E-state index in [2.05, 4.69) is 15.8 Å². The number of methoxy groups -OCH3 is 1. The monoisotopic (exact) mass is 407 g/mol. The number of nitrogens with one attached hydrogen (secondary N) is 2. The maximum absolute atomic E-state index is 12.7. The van der Waals surface area contributed by atoms with Gasteiger partial charge >= 0.3 is 0 Å². The van der Waals surface area contributed by atoms with Gasteiger partial charge in [-0.15, -0.1) is 0 Å². The molecular formula is C22H21N3O5. The second kappa shape index (κ2) is 8.79. The average molecular weight is 407 g/mol. The van der Waals surface area contributed by atoms with Crippen LogP contribution < -0.4 is 15.4 Å². The van der Waals surface area contributed by atoms with Crippen LogP contribution in [0.3, 0.4) is 0 Å². The van der Waals surface area contributed by atoms with Crippen LogP contribution >= 0.6 is 0 Å². The van der Waals surface area contributed by atoms with Gasteiger partial charge in [-0.25, -0.2) is 0 Å². The summed E-state index contributed by atoms with van der Waals surface area (Å²) in [5.74, 6) is 0.745. The molecule has 0 saturated carbocycles. The summed E-state index contributed by atoms with van der Waals surface area (Å²) < 4.78 is 16.0. The molecule has 30 heavy (non-hydrogen) atoms. The molecule has 1 fully saturated rings. The second-order valence-corrected chi connectivity index (χ2v) is 6.82. The highest BCUT2D eigenvalue weighted by Crippen LogP contribution is 2.24. The van der Waals surface area contributed by atoms with Crippen molar-refractivity contribution in [1.29, 1.82) is 0 Å². The van der Waals surface area contributed by atoms with E-state index in [-0.39, 0.29) is 25.0 Å². The van der Waals surface area contributed by atoms with E-state index in [4.69, 9.17) is 14.0 Å². The van der Waals surface area contributed by atoms with Gasteiger partial charge in [0.15, 0.2) is 11.9 Å². The van der Waals surface area contributed by atoms with E-state index in [0.29, 0.717) is 11.5 Å². The van der Waals surface area contributed by atoms with E-state index in [1.165, 1.54) is 0 Å². The van der Waals surface area contributed by atoms with Crippen LogP contribution in [0.15, 0.2) is 65.2 Å². The van der Waals surface area contributed by atoms with Crippen molar-refractivity contribution in [2.45, 2.75) is 18.7 Å². The fourth-order valence-electron chi connectivity index (χ4n) is 3.26. The number of hydrogen-bond acceptors (Lipinski definition) is 6. The zero-order chi connectivity index (χ0) is 20.9. The lowest BCUT2D eigenvalue weighted by atomic mass is 9.99. The third-order valence-corrected chi connectivity index (χ3v) is 4.81. The Balaban J connectivity index is 1.41. The normalized spacial score (nSPS) is 18.5. The van der Waals surface area contributed by atoms with E-state index < -0.39 is 12.1 Å². The fourth-order valence-corrected chi connectivity index (χ4v) is 3.26. The molecule has 8 heteroatoms. The minimum absolute atomic E-state index is 0.160. The largest absolute Gasteiger partial charge is 0.497 e. The van der Waals surface area contributed by atoms with Gasteiger partial charge in [-0.1, -0.05) is 35.5 Å². The van der Waals surface area contributed by atoms with Crippen molar-refractivity contribution in [3.8, 4) is 17.1 Å². The topological polar surface area (TPSA) is 103 Å². The molecule has 2 atom stereocenters. The highest BCUT2D eigenvalue weighted by Gasteiger charge is 2.35. The lowest BCUT2D eigenvalue weighted by Gasteiger charge is -2.31. The zero-order valence-electron chi connectivity index (χ0n) is 16.3. The first-order valence-electron chi connectivity index (χ1n) is 9.47. The Morgan fingerprint density at radius 3 is 2.70 bits per heavy atom. The van der Waals surface area contributed by atoms with Crippen LogP contribution in [0.25, 0.3) is 11.3 Å². The third-order valence-electron chi connectivity index (χ3n) is 4.81. The molecule has 0 aliphatic carbocycles. The summed E-state index contributed by atoms with van der Waals surface area (Å²) in [4.78, 5) is 24.5. The molecule has 8 nitrogen and oxygen atoms in total. The van der Waals surface area contributed by atoms with Crippen LogP contribution in [0.5, 0.6) is 5.75 Å². The molecule has 0 radical (unpaired) electrons. The molecule has 0 spiro atoms. The molecule has 2 aromatic carbocycles. The van der Waals surface area contributed by atoms with Gasteiger partial charge < -0.3 is 24.6 Å². The van der Waals surface area contributed by atoms with Crippen LogP contribution in [0.4, 0.5) is 0 Å². The van der Waals surface area contributed by atoms with E-state index in [9.17, 15) is 9.59 Å². The minimum Gasteiger partial charge on any atom is -0.497 e. The quantitative estimate of drug-likeness (QED) is 0.650. The smallest absolute Gasteiger partial charge is 0.251 e. The van der Waals surface area contributed by atoms with E-state index in [1.54, 1.807) is 13.2 Å². The molecule has 2 amide bonds. The van der Waals surface area contributed by atoms with E-state index in [0.717, 1.165) is 16.9 Å². The summed E-state index contributed by atoms with van der Waals surface area (Å²) in [6.45, 7) is 0.0147.